The van der Waals surface area contributed by atoms with Gasteiger partial charge in [-0.2, -0.15) is 0 Å². The van der Waals surface area contributed by atoms with Crippen LogP contribution in [0.15, 0.2) is 11.2 Å². The van der Waals surface area contributed by atoms with Crippen LogP contribution in [-0.2, 0) is 0 Å². The molecule has 0 radical (unpaired) electrons. The normalized spacial score (nSPS) is 30.3. The van der Waals surface area contributed by atoms with Crippen LogP contribution in [0.3, 0.4) is 0 Å². The van der Waals surface area contributed by atoms with Gasteiger partial charge in [0.05, 0.1) is 5.03 Å². The Balaban J connectivity index is 2.51. The van der Waals surface area contributed by atoms with Crippen LogP contribution >= 0.6 is 11.6 Å². The van der Waals surface area contributed by atoms with Crippen molar-refractivity contribution >= 4 is 11.6 Å². The molecule has 0 aliphatic carbocycles. The van der Waals surface area contributed by atoms with Crippen molar-refractivity contribution in [3.05, 3.63) is 11.2 Å². The van der Waals surface area contributed by atoms with Gasteiger partial charge in [0.2, 0.25) is 0 Å². The molecule has 1 heterocycles. The molecule has 0 fully saturated rings. The molecule has 1 atom stereocenters. The van der Waals surface area contributed by atoms with Gasteiger partial charge in [0.1, 0.15) is 6.17 Å². The molecule has 0 spiro atoms. The van der Waals surface area contributed by atoms with Crippen LogP contribution in [0.5, 0.6) is 0 Å². The molecule has 2 nitrogen and oxygen atoms in total. The number of halogens is 1. The summed E-state index contributed by atoms with van der Waals surface area (Å²) >= 11 is 5.37. The second-order valence-corrected chi connectivity index (χ2v) is 1.61. The van der Waals surface area contributed by atoms with Crippen molar-refractivity contribution in [2.24, 2.45) is 5.73 Å². The molecule has 34 valence electrons. The molecule has 0 unspecified atom stereocenters. The fraction of sp³-hybridized carbons (Fsp3) is 0.333. The lowest BCUT2D eigenvalue weighted by Crippen LogP contribution is -2.41. The molecule has 0 aromatic rings. The largest absolute Gasteiger partial charge is 0.370 e. The van der Waals surface area contributed by atoms with Gasteiger partial charge in [-0.15, -0.1) is 0 Å². The van der Waals surface area contributed by atoms with Gasteiger partial charge in [-0.05, 0) is 0 Å². The standard InChI is InChI=1S/C3H5ClN2/c4-2-1-6-3(2)5/h1,3,6H,5H2/t3-/m0/s1. The summed E-state index contributed by atoms with van der Waals surface area (Å²) in [6.07, 6.45) is 1.58. The van der Waals surface area contributed by atoms with Gasteiger partial charge in [-0.3, -0.25) is 0 Å². The second-order valence-electron chi connectivity index (χ2n) is 1.17. The molecular weight excluding hydrogens is 99.5 g/mol. The number of hydrogen-bond donors (Lipinski definition) is 2. The van der Waals surface area contributed by atoms with E-state index in [-0.39, 0.29) is 6.17 Å². The first kappa shape index (κ1) is 3.96. The van der Waals surface area contributed by atoms with Crippen LogP contribution in [-0.4, -0.2) is 6.17 Å². The Labute approximate surface area is 41.0 Å². The Kier molecular flexibility index (Phi) is 0.749. The van der Waals surface area contributed by atoms with E-state index in [1.807, 2.05) is 0 Å². The topological polar surface area (TPSA) is 38.0 Å². The highest BCUT2D eigenvalue weighted by Crippen LogP contribution is 2.08. The third-order valence-corrected chi connectivity index (χ3v) is 1.04. The third kappa shape index (κ3) is 0.382. The molecule has 1 aliphatic rings. The molecule has 3 N–H and O–H groups in total. The predicted molar refractivity (Wildman–Crippen MR) is 25.0 cm³/mol. The maximum Gasteiger partial charge on any atom is 0.113 e. The monoisotopic (exact) mass is 104 g/mol. The van der Waals surface area contributed by atoms with E-state index in [0.717, 1.165) is 0 Å². The van der Waals surface area contributed by atoms with Crippen LogP contribution in [0.2, 0.25) is 0 Å². The van der Waals surface area contributed by atoms with Crippen molar-refractivity contribution in [2.75, 3.05) is 0 Å². The Morgan fingerprint density at radius 1 is 2.00 bits per heavy atom. The van der Waals surface area contributed by atoms with Crippen molar-refractivity contribution < 1.29 is 0 Å². The minimum Gasteiger partial charge on any atom is -0.370 e. The quantitative estimate of drug-likeness (QED) is 0.453. The number of rotatable bonds is 0. The summed E-state index contributed by atoms with van der Waals surface area (Å²) < 4.78 is 0. The molecule has 0 aromatic heterocycles. The highest BCUT2D eigenvalue weighted by Gasteiger charge is 2.10. The molecule has 0 saturated carbocycles. The molecule has 0 bridgehead atoms. The Morgan fingerprint density at radius 3 is 2.50 bits per heavy atom. The minimum atomic E-state index is -0.0910. The summed E-state index contributed by atoms with van der Waals surface area (Å²) in [7, 11) is 0. The molecule has 1 rings (SSSR count). The van der Waals surface area contributed by atoms with Gasteiger partial charge in [0, 0.05) is 6.20 Å². The lowest BCUT2D eigenvalue weighted by Gasteiger charge is -2.19. The van der Waals surface area contributed by atoms with Crippen LogP contribution < -0.4 is 11.1 Å². The van der Waals surface area contributed by atoms with Crippen molar-refractivity contribution in [3.63, 3.8) is 0 Å². The maximum atomic E-state index is 5.37. The highest BCUT2D eigenvalue weighted by molar-refractivity contribution is 6.30. The van der Waals surface area contributed by atoms with E-state index >= 15 is 0 Å². The van der Waals surface area contributed by atoms with Gasteiger partial charge >= 0.3 is 0 Å². The van der Waals surface area contributed by atoms with Crippen LogP contribution in [0.25, 0.3) is 0 Å². The first-order valence-electron chi connectivity index (χ1n) is 1.68. The Morgan fingerprint density at radius 2 is 2.50 bits per heavy atom. The summed E-state index contributed by atoms with van der Waals surface area (Å²) in [6.45, 7) is 0. The molecule has 6 heavy (non-hydrogen) atoms. The first-order valence-corrected chi connectivity index (χ1v) is 2.05. The van der Waals surface area contributed by atoms with Crippen molar-refractivity contribution in [1.82, 2.24) is 5.32 Å². The maximum absolute atomic E-state index is 5.37. The summed E-state index contributed by atoms with van der Waals surface area (Å²) in [5.41, 5.74) is 5.21. The van der Waals surface area contributed by atoms with E-state index in [2.05, 4.69) is 5.32 Å². The third-order valence-electron chi connectivity index (χ3n) is 0.698. The van der Waals surface area contributed by atoms with E-state index in [9.17, 15) is 0 Å². The van der Waals surface area contributed by atoms with Crippen LogP contribution in [0.1, 0.15) is 0 Å². The SMILES string of the molecule is N[C@H]1NC=C1Cl. The fourth-order valence-electron chi connectivity index (χ4n) is 0.243. The second kappa shape index (κ2) is 1.13. The highest BCUT2D eigenvalue weighted by atomic mass is 35.5. The molecule has 0 amide bonds. The van der Waals surface area contributed by atoms with Gasteiger partial charge in [0.25, 0.3) is 0 Å². The summed E-state index contributed by atoms with van der Waals surface area (Å²) in [4.78, 5) is 0. The Bertz CT molecular complexity index is 88.8. The molecule has 0 saturated heterocycles. The zero-order valence-electron chi connectivity index (χ0n) is 3.11. The van der Waals surface area contributed by atoms with Crippen LogP contribution in [0, 0.1) is 0 Å². The van der Waals surface area contributed by atoms with Gasteiger partial charge in [-0.25, -0.2) is 0 Å². The lowest BCUT2D eigenvalue weighted by atomic mass is 10.4. The zero-order valence-corrected chi connectivity index (χ0v) is 3.87. The summed E-state index contributed by atoms with van der Waals surface area (Å²) in [6, 6.07) is 0. The zero-order chi connectivity index (χ0) is 4.57. The van der Waals surface area contributed by atoms with Gasteiger partial charge in [0.15, 0.2) is 0 Å². The number of nitrogens with one attached hydrogen (secondary N) is 1. The fourth-order valence-corrected chi connectivity index (χ4v) is 0.369. The predicted octanol–water partition coefficient (Wildman–Crippen LogP) is -0.0454. The molecule has 1 aliphatic heterocycles. The van der Waals surface area contributed by atoms with Gasteiger partial charge in [-0.1, -0.05) is 11.6 Å². The van der Waals surface area contributed by atoms with Crippen molar-refractivity contribution in [2.45, 2.75) is 6.17 Å². The van der Waals surface area contributed by atoms with Gasteiger partial charge < -0.3 is 11.1 Å². The smallest absolute Gasteiger partial charge is 0.113 e. The molecular formula is C3H5ClN2. The van der Waals surface area contributed by atoms with E-state index in [1.54, 1.807) is 6.20 Å². The van der Waals surface area contributed by atoms with Crippen molar-refractivity contribution in [1.29, 1.82) is 0 Å². The number of nitrogens with two attached hydrogens (primary N) is 1. The van der Waals surface area contributed by atoms with E-state index < -0.39 is 0 Å². The van der Waals surface area contributed by atoms with E-state index in [4.69, 9.17) is 17.3 Å². The van der Waals surface area contributed by atoms with Crippen molar-refractivity contribution in [3.8, 4) is 0 Å². The first-order chi connectivity index (χ1) is 2.80. The van der Waals surface area contributed by atoms with Crippen LogP contribution in [0.4, 0.5) is 0 Å². The average molecular weight is 105 g/mol. The molecule has 3 heteroatoms. The van der Waals surface area contributed by atoms with E-state index in [0.29, 0.717) is 5.03 Å². The minimum absolute atomic E-state index is 0.0910. The summed E-state index contributed by atoms with van der Waals surface area (Å²) in [5, 5.41) is 3.45. The summed E-state index contributed by atoms with van der Waals surface area (Å²) in [5.74, 6) is 0. The number of hydrogen-bond acceptors (Lipinski definition) is 2. The Hall–Kier alpha value is -0.210. The van der Waals surface area contributed by atoms with E-state index in [1.165, 1.54) is 0 Å². The lowest BCUT2D eigenvalue weighted by molar-refractivity contribution is 0.654. The average Bonchev–Trinajstić information content (AvgIpc) is 1.61. The molecule has 0 aromatic carbocycles.